The van der Waals surface area contributed by atoms with Crippen LogP contribution in [0, 0.1) is 0 Å². The number of aliphatic carboxylic acids is 1. The fourth-order valence-electron chi connectivity index (χ4n) is 4.65. The molecule has 1 saturated carbocycles. The molecule has 1 atom stereocenters. The van der Waals surface area contributed by atoms with E-state index in [4.69, 9.17) is 4.74 Å². The second-order valence-corrected chi connectivity index (χ2v) is 7.63. The van der Waals surface area contributed by atoms with Crippen LogP contribution in [0.2, 0.25) is 0 Å². The first-order valence-electron chi connectivity index (χ1n) is 9.67. The van der Waals surface area contributed by atoms with Crippen LogP contribution in [-0.4, -0.2) is 84.3 Å². The fourth-order valence-corrected chi connectivity index (χ4v) is 4.65. The molecule has 0 radical (unpaired) electrons. The lowest BCUT2D eigenvalue weighted by atomic mass is 9.79. The summed E-state index contributed by atoms with van der Waals surface area (Å²) < 4.78 is 5.49. The minimum atomic E-state index is -0.817. The van der Waals surface area contributed by atoms with Gasteiger partial charge >= 0.3 is 5.97 Å². The number of ether oxygens (including phenoxy) is 1. The summed E-state index contributed by atoms with van der Waals surface area (Å²) in [6.07, 6.45) is 7.42. The van der Waals surface area contributed by atoms with E-state index in [1.54, 1.807) is 4.90 Å². The zero-order valence-corrected chi connectivity index (χ0v) is 15.0. The number of carbonyl (C=O) groups is 2. The van der Waals surface area contributed by atoms with E-state index in [9.17, 15) is 14.7 Å². The van der Waals surface area contributed by atoms with Crippen molar-refractivity contribution in [1.82, 2.24) is 15.1 Å². The zero-order chi connectivity index (χ0) is 17.7. The summed E-state index contributed by atoms with van der Waals surface area (Å²) >= 11 is 0. The predicted octanol–water partition coefficient (Wildman–Crippen LogP) is 0.687. The van der Waals surface area contributed by atoms with Gasteiger partial charge in [0.15, 0.2) is 0 Å². The number of nitrogens with zero attached hydrogens (tertiary/aromatic N) is 2. The number of likely N-dealkylation sites (tertiary alicyclic amines) is 1. The van der Waals surface area contributed by atoms with Gasteiger partial charge in [-0.25, -0.2) is 0 Å². The third-order valence-corrected chi connectivity index (χ3v) is 6.08. The Morgan fingerprint density at radius 3 is 2.48 bits per heavy atom. The van der Waals surface area contributed by atoms with Crippen molar-refractivity contribution in [1.29, 1.82) is 0 Å². The lowest BCUT2D eigenvalue weighted by Crippen LogP contribution is -2.60. The SMILES string of the molecule is O=C(CN1CCCC1C(=O)O)NCC1(N2CCOCC2)CCCCC1. The Kier molecular flexibility index (Phi) is 6.30. The van der Waals surface area contributed by atoms with E-state index < -0.39 is 12.0 Å². The normalized spacial score (nSPS) is 27.9. The Labute approximate surface area is 149 Å². The van der Waals surface area contributed by atoms with Crippen LogP contribution in [0.4, 0.5) is 0 Å². The van der Waals surface area contributed by atoms with Crippen LogP contribution in [0.15, 0.2) is 0 Å². The number of amides is 1. The van der Waals surface area contributed by atoms with Crippen LogP contribution < -0.4 is 5.32 Å². The summed E-state index contributed by atoms with van der Waals surface area (Å²) in [5, 5.41) is 12.4. The van der Waals surface area contributed by atoms with E-state index in [0.29, 0.717) is 19.5 Å². The first-order valence-corrected chi connectivity index (χ1v) is 9.67. The molecule has 0 spiro atoms. The van der Waals surface area contributed by atoms with E-state index in [1.807, 2.05) is 0 Å². The van der Waals surface area contributed by atoms with Gasteiger partial charge in [0.1, 0.15) is 6.04 Å². The van der Waals surface area contributed by atoms with E-state index >= 15 is 0 Å². The van der Waals surface area contributed by atoms with Crippen molar-refractivity contribution in [2.75, 3.05) is 45.9 Å². The van der Waals surface area contributed by atoms with Gasteiger partial charge < -0.3 is 15.2 Å². The van der Waals surface area contributed by atoms with Crippen molar-refractivity contribution >= 4 is 11.9 Å². The van der Waals surface area contributed by atoms with Crippen molar-refractivity contribution in [3.8, 4) is 0 Å². The smallest absolute Gasteiger partial charge is 0.320 e. The van der Waals surface area contributed by atoms with Crippen LogP contribution in [0.3, 0.4) is 0 Å². The van der Waals surface area contributed by atoms with Gasteiger partial charge in [0.05, 0.1) is 19.8 Å². The number of nitrogens with one attached hydrogen (secondary N) is 1. The molecule has 0 aromatic heterocycles. The van der Waals surface area contributed by atoms with Crippen LogP contribution in [0.5, 0.6) is 0 Å². The Morgan fingerprint density at radius 2 is 1.80 bits per heavy atom. The molecular weight excluding hydrogens is 322 g/mol. The molecule has 142 valence electrons. The monoisotopic (exact) mass is 353 g/mol. The molecule has 0 bridgehead atoms. The van der Waals surface area contributed by atoms with Crippen molar-refractivity contribution in [2.24, 2.45) is 0 Å². The van der Waals surface area contributed by atoms with Crippen LogP contribution in [0.25, 0.3) is 0 Å². The number of carboxylic acid groups (broad SMARTS) is 1. The summed E-state index contributed by atoms with van der Waals surface area (Å²) in [6, 6.07) is -0.506. The van der Waals surface area contributed by atoms with Crippen molar-refractivity contribution < 1.29 is 19.4 Å². The Morgan fingerprint density at radius 1 is 1.08 bits per heavy atom. The average molecular weight is 353 g/mol. The van der Waals surface area contributed by atoms with Gasteiger partial charge in [0, 0.05) is 25.2 Å². The fraction of sp³-hybridized carbons (Fsp3) is 0.889. The molecule has 2 heterocycles. The first kappa shape index (κ1) is 18.6. The highest BCUT2D eigenvalue weighted by Crippen LogP contribution is 2.33. The topological polar surface area (TPSA) is 82.1 Å². The quantitative estimate of drug-likeness (QED) is 0.731. The largest absolute Gasteiger partial charge is 0.480 e. The number of hydrogen-bond donors (Lipinski definition) is 2. The standard InChI is InChI=1S/C18H31N3O4/c22-16(13-20-8-4-5-15(20)17(23)24)19-14-18(6-2-1-3-7-18)21-9-11-25-12-10-21/h15H,1-14H2,(H,19,22)(H,23,24). The average Bonchev–Trinajstić information content (AvgIpc) is 3.10. The maximum absolute atomic E-state index is 12.4. The second kappa shape index (κ2) is 8.47. The molecule has 1 amide bonds. The van der Waals surface area contributed by atoms with Gasteiger partial charge in [-0.05, 0) is 32.2 Å². The van der Waals surface area contributed by atoms with E-state index in [-0.39, 0.29) is 18.0 Å². The van der Waals surface area contributed by atoms with Crippen molar-refractivity contribution in [3.63, 3.8) is 0 Å². The molecule has 3 fully saturated rings. The molecule has 7 heteroatoms. The number of hydrogen-bond acceptors (Lipinski definition) is 5. The summed E-state index contributed by atoms with van der Waals surface area (Å²) in [4.78, 5) is 28.0. The van der Waals surface area contributed by atoms with Crippen LogP contribution in [-0.2, 0) is 14.3 Å². The molecule has 1 unspecified atom stereocenters. The van der Waals surface area contributed by atoms with Crippen molar-refractivity contribution in [3.05, 3.63) is 0 Å². The molecule has 0 aromatic rings. The van der Waals surface area contributed by atoms with Gasteiger partial charge in [0.2, 0.25) is 5.91 Å². The lowest BCUT2D eigenvalue weighted by molar-refractivity contribution is -0.142. The summed E-state index contributed by atoms with van der Waals surface area (Å²) in [5.74, 6) is -0.867. The molecule has 25 heavy (non-hydrogen) atoms. The third kappa shape index (κ3) is 4.51. The van der Waals surface area contributed by atoms with Gasteiger partial charge in [-0.3, -0.25) is 19.4 Å². The molecule has 2 aliphatic heterocycles. The van der Waals surface area contributed by atoms with Gasteiger partial charge in [-0.2, -0.15) is 0 Å². The number of morpholine rings is 1. The first-order chi connectivity index (χ1) is 12.1. The molecule has 2 saturated heterocycles. The molecule has 0 aromatic carbocycles. The number of carboxylic acids is 1. The van der Waals surface area contributed by atoms with Crippen LogP contribution in [0.1, 0.15) is 44.9 Å². The summed E-state index contributed by atoms with van der Waals surface area (Å²) in [6.45, 7) is 4.95. The minimum Gasteiger partial charge on any atom is -0.480 e. The van der Waals surface area contributed by atoms with Crippen LogP contribution >= 0.6 is 0 Å². The lowest BCUT2D eigenvalue weighted by Gasteiger charge is -2.48. The maximum atomic E-state index is 12.4. The molecule has 1 aliphatic carbocycles. The maximum Gasteiger partial charge on any atom is 0.320 e. The van der Waals surface area contributed by atoms with Gasteiger partial charge in [-0.1, -0.05) is 19.3 Å². The Balaban J connectivity index is 1.55. The van der Waals surface area contributed by atoms with Gasteiger partial charge in [0.25, 0.3) is 0 Å². The minimum absolute atomic E-state index is 0.0497. The Hall–Kier alpha value is -1.18. The summed E-state index contributed by atoms with van der Waals surface area (Å²) in [7, 11) is 0. The number of rotatable bonds is 6. The highest BCUT2D eigenvalue weighted by molar-refractivity contribution is 5.80. The second-order valence-electron chi connectivity index (χ2n) is 7.63. The highest BCUT2D eigenvalue weighted by Gasteiger charge is 2.39. The Bertz CT molecular complexity index is 473. The van der Waals surface area contributed by atoms with E-state index in [2.05, 4.69) is 10.2 Å². The number of carbonyl (C=O) groups excluding carboxylic acids is 1. The highest BCUT2D eigenvalue weighted by atomic mass is 16.5. The van der Waals surface area contributed by atoms with E-state index in [1.165, 1.54) is 19.3 Å². The molecule has 3 aliphatic rings. The molecule has 2 N–H and O–H groups in total. The molecule has 7 nitrogen and oxygen atoms in total. The molecular formula is C18H31N3O4. The third-order valence-electron chi connectivity index (χ3n) is 6.08. The van der Waals surface area contributed by atoms with E-state index in [0.717, 1.165) is 45.6 Å². The molecule has 3 rings (SSSR count). The van der Waals surface area contributed by atoms with Crippen molar-refractivity contribution in [2.45, 2.75) is 56.5 Å². The predicted molar refractivity (Wildman–Crippen MR) is 93.4 cm³/mol. The zero-order valence-electron chi connectivity index (χ0n) is 15.0. The van der Waals surface area contributed by atoms with Gasteiger partial charge in [-0.15, -0.1) is 0 Å². The summed E-state index contributed by atoms with van der Waals surface area (Å²) in [5.41, 5.74) is 0.0505.